The SMILES string of the molecule is Cc1cccc(OCc2csc(C(=O)N3CCN(Cc4cccc(Cl)c4)CC3)c2)c1C. The van der Waals surface area contributed by atoms with Crippen LogP contribution in [0, 0.1) is 13.8 Å². The topological polar surface area (TPSA) is 32.8 Å². The predicted molar refractivity (Wildman–Crippen MR) is 127 cm³/mol. The van der Waals surface area contributed by atoms with Crippen molar-refractivity contribution in [1.29, 1.82) is 0 Å². The first-order chi connectivity index (χ1) is 15.0. The monoisotopic (exact) mass is 454 g/mol. The Hall–Kier alpha value is -2.34. The molecular formula is C25H27ClN2O2S. The largest absolute Gasteiger partial charge is 0.489 e. The first-order valence-corrected chi connectivity index (χ1v) is 11.8. The Morgan fingerprint density at radius 3 is 2.58 bits per heavy atom. The molecule has 0 aliphatic carbocycles. The molecule has 1 saturated heterocycles. The second-order valence-electron chi connectivity index (χ2n) is 8.00. The molecule has 1 amide bonds. The molecule has 2 aromatic carbocycles. The number of hydrogen-bond donors (Lipinski definition) is 0. The molecule has 0 N–H and O–H groups in total. The molecule has 1 fully saturated rings. The van der Waals surface area contributed by atoms with Gasteiger partial charge in [-0.2, -0.15) is 0 Å². The lowest BCUT2D eigenvalue weighted by atomic mass is 10.1. The standard InChI is InChI=1S/C25H27ClN2O2S/c1-18-5-3-8-23(19(18)2)30-16-21-14-24(31-17-21)25(29)28-11-9-27(10-12-28)15-20-6-4-7-22(26)13-20/h3-8,13-14,17H,9-12,15-16H2,1-2H3. The zero-order chi connectivity index (χ0) is 21.8. The molecule has 0 saturated carbocycles. The van der Waals surface area contributed by atoms with Crippen molar-refractivity contribution in [2.75, 3.05) is 26.2 Å². The van der Waals surface area contributed by atoms with Crippen LogP contribution in [0.5, 0.6) is 5.75 Å². The van der Waals surface area contributed by atoms with Gasteiger partial charge in [0, 0.05) is 43.3 Å². The van der Waals surface area contributed by atoms with Gasteiger partial charge in [-0.05, 0) is 60.2 Å². The third-order valence-electron chi connectivity index (χ3n) is 5.77. The van der Waals surface area contributed by atoms with E-state index in [1.54, 1.807) is 0 Å². The highest BCUT2D eigenvalue weighted by molar-refractivity contribution is 7.12. The number of halogens is 1. The number of piperazine rings is 1. The zero-order valence-electron chi connectivity index (χ0n) is 17.9. The molecule has 4 rings (SSSR count). The maximum atomic E-state index is 13.0. The van der Waals surface area contributed by atoms with Crippen molar-refractivity contribution in [1.82, 2.24) is 9.80 Å². The third kappa shape index (κ3) is 5.48. The molecule has 31 heavy (non-hydrogen) atoms. The summed E-state index contributed by atoms with van der Waals surface area (Å²) in [5.41, 5.74) is 4.62. The van der Waals surface area contributed by atoms with Gasteiger partial charge in [-0.15, -0.1) is 11.3 Å². The average Bonchev–Trinajstić information content (AvgIpc) is 3.24. The van der Waals surface area contributed by atoms with Crippen LogP contribution in [-0.4, -0.2) is 41.9 Å². The van der Waals surface area contributed by atoms with Crippen LogP contribution < -0.4 is 4.74 Å². The zero-order valence-corrected chi connectivity index (χ0v) is 19.5. The quantitative estimate of drug-likeness (QED) is 0.489. The molecule has 162 valence electrons. The van der Waals surface area contributed by atoms with Gasteiger partial charge in [0.25, 0.3) is 5.91 Å². The summed E-state index contributed by atoms with van der Waals surface area (Å²) >= 11 is 7.59. The van der Waals surface area contributed by atoms with Gasteiger partial charge < -0.3 is 9.64 Å². The van der Waals surface area contributed by atoms with Gasteiger partial charge in [0.15, 0.2) is 0 Å². The summed E-state index contributed by atoms with van der Waals surface area (Å²) in [5, 5.41) is 2.79. The molecule has 6 heteroatoms. The lowest BCUT2D eigenvalue weighted by molar-refractivity contribution is 0.0633. The van der Waals surface area contributed by atoms with E-state index in [9.17, 15) is 4.79 Å². The number of carbonyl (C=O) groups is 1. The minimum atomic E-state index is 0.116. The normalized spacial score (nSPS) is 14.6. The lowest BCUT2D eigenvalue weighted by Crippen LogP contribution is -2.48. The Labute approximate surface area is 193 Å². The van der Waals surface area contributed by atoms with E-state index in [1.807, 2.05) is 46.7 Å². The minimum Gasteiger partial charge on any atom is -0.489 e. The molecule has 4 nitrogen and oxygen atoms in total. The number of ether oxygens (including phenoxy) is 1. The van der Waals surface area contributed by atoms with E-state index in [0.29, 0.717) is 6.61 Å². The predicted octanol–water partition coefficient (Wildman–Crippen LogP) is 5.56. The van der Waals surface area contributed by atoms with Gasteiger partial charge in [-0.25, -0.2) is 0 Å². The molecule has 0 bridgehead atoms. The summed E-state index contributed by atoms with van der Waals surface area (Å²) in [6, 6.07) is 16.0. The van der Waals surface area contributed by atoms with Gasteiger partial charge in [-0.3, -0.25) is 9.69 Å². The molecule has 1 aliphatic heterocycles. The van der Waals surface area contributed by atoms with Gasteiger partial charge >= 0.3 is 0 Å². The maximum absolute atomic E-state index is 13.0. The number of carbonyl (C=O) groups excluding carboxylic acids is 1. The number of hydrogen-bond acceptors (Lipinski definition) is 4. The first kappa shape index (κ1) is 21.9. The fraction of sp³-hybridized carbons (Fsp3) is 0.320. The number of aryl methyl sites for hydroxylation is 1. The van der Waals surface area contributed by atoms with Crippen molar-refractivity contribution >= 4 is 28.8 Å². The van der Waals surface area contributed by atoms with Crippen LogP contribution >= 0.6 is 22.9 Å². The molecule has 2 heterocycles. The second kappa shape index (κ2) is 9.86. The van der Waals surface area contributed by atoms with E-state index in [0.717, 1.165) is 59.5 Å². The van der Waals surface area contributed by atoms with Crippen molar-refractivity contribution in [3.63, 3.8) is 0 Å². The smallest absolute Gasteiger partial charge is 0.264 e. The number of thiophene rings is 1. The fourth-order valence-corrected chi connectivity index (χ4v) is 4.84. The van der Waals surface area contributed by atoms with Crippen molar-refractivity contribution in [2.45, 2.75) is 27.0 Å². The van der Waals surface area contributed by atoms with E-state index >= 15 is 0 Å². The van der Waals surface area contributed by atoms with E-state index < -0.39 is 0 Å². The highest BCUT2D eigenvalue weighted by atomic mass is 35.5. The average molecular weight is 455 g/mol. The Morgan fingerprint density at radius 2 is 1.81 bits per heavy atom. The van der Waals surface area contributed by atoms with Crippen LogP contribution in [0.25, 0.3) is 0 Å². The number of rotatable bonds is 6. The minimum absolute atomic E-state index is 0.116. The van der Waals surface area contributed by atoms with E-state index in [4.69, 9.17) is 16.3 Å². The second-order valence-corrected chi connectivity index (χ2v) is 9.35. The van der Waals surface area contributed by atoms with Crippen LogP contribution in [0.1, 0.15) is 31.9 Å². The van der Waals surface area contributed by atoms with Crippen molar-refractivity contribution in [2.24, 2.45) is 0 Å². The van der Waals surface area contributed by atoms with Crippen molar-refractivity contribution < 1.29 is 9.53 Å². The van der Waals surface area contributed by atoms with Crippen LogP contribution in [0.2, 0.25) is 5.02 Å². The van der Waals surface area contributed by atoms with Gasteiger partial charge in [0.1, 0.15) is 12.4 Å². The van der Waals surface area contributed by atoms with E-state index in [-0.39, 0.29) is 5.91 Å². The molecule has 1 aromatic heterocycles. The number of amides is 1. The van der Waals surface area contributed by atoms with Crippen molar-refractivity contribution in [3.8, 4) is 5.75 Å². The van der Waals surface area contributed by atoms with Crippen LogP contribution in [0.3, 0.4) is 0 Å². The highest BCUT2D eigenvalue weighted by Crippen LogP contribution is 2.24. The Balaban J connectivity index is 1.29. The first-order valence-electron chi connectivity index (χ1n) is 10.5. The molecule has 0 radical (unpaired) electrons. The van der Waals surface area contributed by atoms with Gasteiger partial charge in [-0.1, -0.05) is 35.9 Å². The molecule has 0 spiro atoms. The van der Waals surface area contributed by atoms with Crippen molar-refractivity contribution in [3.05, 3.63) is 86.1 Å². The lowest BCUT2D eigenvalue weighted by Gasteiger charge is -2.34. The molecular weight excluding hydrogens is 428 g/mol. The Morgan fingerprint density at radius 1 is 1.03 bits per heavy atom. The number of benzene rings is 2. The Kier molecular flexibility index (Phi) is 6.96. The molecule has 3 aromatic rings. The highest BCUT2D eigenvalue weighted by Gasteiger charge is 2.23. The summed E-state index contributed by atoms with van der Waals surface area (Å²) < 4.78 is 5.99. The van der Waals surface area contributed by atoms with Crippen LogP contribution in [0.4, 0.5) is 0 Å². The molecule has 0 atom stereocenters. The van der Waals surface area contributed by atoms with E-state index in [2.05, 4.69) is 30.9 Å². The van der Waals surface area contributed by atoms with Gasteiger partial charge in [0.05, 0.1) is 4.88 Å². The third-order valence-corrected chi connectivity index (χ3v) is 6.97. The maximum Gasteiger partial charge on any atom is 0.264 e. The fourth-order valence-electron chi connectivity index (χ4n) is 3.76. The molecule has 1 aliphatic rings. The van der Waals surface area contributed by atoms with Gasteiger partial charge in [0.2, 0.25) is 0 Å². The number of nitrogens with zero attached hydrogens (tertiary/aromatic N) is 2. The summed E-state index contributed by atoms with van der Waals surface area (Å²) in [7, 11) is 0. The summed E-state index contributed by atoms with van der Waals surface area (Å²) in [4.78, 5) is 18.1. The van der Waals surface area contributed by atoms with Crippen LogP contribution in [-0.2, 0) is 13.2 Å². The van der Waals surface area contributed by atoms with E-state index in [1.165, 1.54) is 22.5 Å². The van der Waals surface area contributed by atoms with Crippen LogP contribution in [0.15, 0.2) is 53.9 Å². The molecule has 0 unspecified atom stereocenters. The summed E-state index contributed by atoms with van der Waals surface area (Å²) in [6.45, 7) is 8.70. The Bertz CT molecular complexity index is 1060. The summed E-state index contributed by atoms with van der Waals surface area (Å²) in [5.74, 6) is 1.01. The summed E-state index contributed by atoms with van der Waals surface area (Å²) in [6.07, 6.45) is 0.